The van der Waals surface area contributed by atoms with E-state index < -0.39 is 12.3 Å². The molecule has 0 saturated carbocycles. The molecule has 1 aliphatic rings. The number of hydrogen-bond acceptors (Lipinski definition) is 5. The van der Waals surface area contributed by atoms with E-state index in [-0.39, 0.29) is 28.6 Å². The van der Waals surface area contributed by atoms with Gasteiger partial charge >= 0.3 is 12.3 Å². The highest BCUT2D eigenvalue weighted by Gasteiger charge is 2.43. The largest absolute Gasteiger partial charge is 0.586 e. The number of benzene rings is 2. The van der Waals surface area contributed by atoms with Crippen LogP contribution < -0.4 is 14.2 Å². The Balaban J connectivity index is 1.83. The normalized spacial score (nSPS) is 14.8. The fourth-order valence-electron chi connectivity index (χ4n) is 1.78. The average molecular weight is 294 g/mol. The van der Waals surface area contributed by atoms with E-state index in [0.29, 0.717) is 0 Å². The summed E-state index contributed by atoms with van der Waals surface area (Å²) in [6, 6.07) is 9.40. The summed E-state index contributed by atoms with van der Waals surface area (Å²) in [4.78, 5) is 11.9. The number of hydrogen-bond donors (Lipinski definition) is 1. The van der Waals surface area contributed by atoms with Crippen molar-refractivity contribution in [1.82, 2.24) is 0 Å². The number of carbonyl (C=O) groups excluding carboxylic acids is 1. The third-order valence-electron chi connectivity index (χ3n) is 2.70. The molecule has 0 atom stereocenters. The first-order chi connectivity index (χ1) is 9.94. The van der Waals surface area contributed by atoms with E-state index in [2.05, 4.69) is 9.47 Å². The number of phenols is 1. The van der Waals surface area contributed by atoms with Crippen LogP contribution in [-0.2, 0) is 0 Å². The van der Waals surface area contributed by atoms with Crippen molar-refractivity contribution >= 4 is 5.97 Å². The van der Waals surface area contributed by atoms with Gasteiger partial charge in [0.25, 0.3) is 0 Å². The number of ether oxygens (including phenoxy) is 3. The molecular formula is C14H8F2O5. The quantitative estimate of drug-likeness (QED) is 0.681. The molecule has 0 fully saturated rings. The smallest absolute Gasteiger partial charge is 0.504 e. The standard InChI is InChI=1S/C14H8F2O5/c15-14(16)20-11-6-5-8(7-12(11)21-14)13(18)19-10-4-2-1-3-9(10)17/h1-7,17H. The molecule has 7 heteroatoms. The van der Waals surface area contributed by atoms with Crippen molar-refractivity contribution in [1.29, 1.82) is 0 Å². The molecule has 5 nitrogen and oxygen atoms in total. The van der Waals surface area contributed by atoms with Crippen LogP contribution in [0.5, 0.6) is 23.0 Å². The van der Waals surface area contributed by atoms with Crippen LogP contribution in [0, 0.1) is 0 Å². The number of rotatable bonds is 2. The van der Waals surface area contributed by atoms with Gasteiger partial charge in [-0.25, -0.2) is 4.79 Å². The number of alkyl halides is 2. The van der Waals surface area contributed by atoms with E-state index in [9.17, 15) is 18.7 Å². The minimum absolute atomic E-state index is 0.0155. The fraction of sp³-hybridized carbons (Fsp3) is 0.0714. The third kappa shape index (κ3) is 2.58. The lowest BCUT2D eigenvalue weighted by Crippen LogP contribution is -2.25. The maximum atomic E-state index is 12.9. The van der Waals surface area contributed by atoms with Crippen molar-refractivity contribution in [2.24, 2.45) is 0 Å². The Hall–Kier alpha value is -2.83. The second kappa shape index (κ2) is 4.62. The van der Waals surface area contributed by atoms with E-state index in [1.54, 1.807) is 12.1 Å². The SMILES string of the molecule is O=C(Oc1ccccc1O)c1ccc2c(c1)OC(F)(F)O2. The summed E-state index contributed by atoms with van der Waals surface area (Å²) in [5, 5.41) is 9.51. The van der Waals surface area contributed by atoms with Gasteiger partial charge in [0.2, 0.25) is 0 Å². The van der Waals surface area contributed by atoms with Gasteiger partial charge in [0, 0.05) is 0 Å². The number of aromatic hydroxyl groups is 1. The Kier molecular flexibility index (Phi) is 2.90. The second-order valence-corrected chi connectivity index (χ2v) is 4.19. The van der Waals surface area contributed by atoms with Gasteiger partial charge in [-0.05, 0) is 30.3 Å². The predicted octanol–water partition coefficient (Wildman–Crippen LogP) is 2.93. The molecule has 0 spiro atoms. The minimum Gasteiger partial charge on any atom is -0.504 e. The number of halogens is 2. The Labute approximate surface area is 117 Å². The van der Waals surface area contributed by atoms with Crippen LogP contribution in [-0.4, -0.2) is 17.4 Å². The number of fused-ring (bicyclic) bond motifs is 1. The molecule has 1 aliphatic heterocycles. The topological polar surface area (TPSA) is 65.0 Å². The lowest BCUT2D eigenvalue weighted by molar-refractivity contribution is -0.286. The van der Waals surface area contributed by atoms with Gasteiger partial charge in [-0.1, -0.05) is 12.1 Å². The molecule has 2 aromatic rings. The highest BCUT2D eigenvalue weighted by atomic mass is 19.3. The summed E-state index contributed by atoms with van der Waals surface area (Å²) in [7, 11) is 0. The van der Waals surface area contributed by atoms with E-state index in [4.69, 9.17) is 4.74 Å². The third-order valence-corrected chi connectivity index (χ3v) is 2.70. The van der Waals surface area contributed by atoms with Crippen LogP contribution >= 0.6 is 0 Å². The van der Waals surface area contributed by atoms with Crippen molar-refractivity contribution < 1.29 is 32.9 Å². The van der Waals surface area contributed by atoms with Gasteiger partial charge < -0.3 is 19.3 Å². The first-order valence-electron chi connectivity index (χ1n) is 5.85. The van der Waals surface area contributed by atoms with E-state index >= 15 is 0 Å². The summed E-state index contributed by atoms with van der Waals surface area (Å²) < 4.78 is 39.2. The molecule has 21 heavy (non-hydrogen) atoms. The van der Waals surface area contributed by atoms with Crippen molar-refractivity contribution in [3.8, 4) is 23.0 Å². The molecule has 2 aromatic carbocycles. The Morgan fingerprint density at radius 1 is 1.10 bits per heavy atom. The van der Waals surface area contributed by atoms with Crippen molar-refractivity contribution in [3.63, 3.8) is 0 Å². The second-order valence-electron chi connectivity index (χ2n) is 4.19. The molecule has 0 aromatic heterocycles. The minimum atomic E-state index is -3.75. The summed E-state index contributed by atoms with van der Waals surface area (Å²) in [6.07, 6.45) is -3.75. The van der Waals surface area contributed by atoms with Crippen LogP contribution in [0.2, 0.25) is 0 Å². The Morgan fingerprint density at radius 3 is 2.57 bits per heavy atom. The first-order valence-corrected chi connectivity index (χ1v) is 5.85. The van der Waals surface area contributed by atoms with Gasteiger partial charge in [-0.2, -0.15) is 0 Å². The number of esters is 1. The molecule has 0 radical (unpaired) electrons. The van der Waals surface area contributed by atoms with E-state index in [1.807, 2.05) is 0 Å². The van der Waals surface area contributed by atoms with Gasteiger partial charge in [-0.15, -0.1) is 8.78 Å². The molecule has 0 saturated heterocycles. The lowest BCUT2D eigenvalue weighted by Gasteiger charge is -2.06. The maximum absolute atomic E-state index is 12.9. The van der Waals surface area contributed by atoms with E-state index in [0.717, 1.165) is 6.07 Å². The predicted molar refractivity (Wildman–Crippen MR) is 65.7 cm³/mol. The zero-order chi connectivity index (χ0) is 15.0. The maximum Gasteiger partial charge on any atom is 0.586 e. The first kappa shape index (κ1) is 13.2. The van der Waals surface area contributed by atoms with Crippen LogP contribution in [0.15, 0.2) is 42.5 Å². The van der Waals surface area contributed by atoms with Crippen LogP contribution in [0.4, 0.5) is 8.78 Å². The summed E-state index contributed by atoms with van der Waals surface area (Å²) in [5.74, 6) is -1.49. The highest BCUT2D eigenvalue weighted by molar-refractivity contribution is 5.92. The lowest BCUT2D eigenvalue weighted by atomic mass is 10.2. The molecule has 0 amide bonds. The highest BCUT2D eigenvalue weighted by Crippen LogP contribution is 2.41. The molecule has 3 rings (SSSR count). The molecule has 1 N–H and O–H groups in total. The Morgan fingerprint density at radius 2 is 1.81 bits per heavy atom. The summed E-state index contributed by atoms with van der Waals surface area (Å²) in [6.45, 7) is 0. The summed E-state index contributed by atoms with van der Waals surface area (Å²) >= 11 is 0. The molecular weight excluding hydrogens is 286 g/mol. The van der Waals surface area contributed by atoms with Crippen LogP contribution in [0.25, 0.3) is 0 Å². The van der Waals surface area contributed by atoms with Crippen molar-refractivity contribution in [2.45, 2.75) is 6.29 Å². The van der Waals surface area contributed by atoms with Gasteiger partial charge in [-0.3, -0.25) is 0 Å². The fourth-order valence-corrected chi connectivity index (χ4v) is 1.78. The number of para-hydroxylation sites is 2. The average Bonchev–Trinajstić information content (AvgIpc) is 2.74. The van der Waals surface area contributed by atoms with Crippen molar-refractivity contribution in [3.05, 3.63) is 48.0 Å². The van der Waals surface area contributed by atoms with E-state index in [1.165, 1.54) is 24.3 Å². The zero-order valence-corrected chi connectivity index (χ0v) is 10.4. The van der Waals surface area contributed by atoms with Crippen LogP contribution in [0.3, 0.4) is 0 Å². The molecule has 108 valence electrons. The van der Waals surface area contributed by atoms with Gasteiger partial charge in [0.15, 0.2) is 23.0 Å². The zero-order valence-electron chi connectivity index (χ0n) is 10.4. The molecule has 0 bridgehead atoms. The monoisotopic (exact) mass is 294 g/mol. The molecule has 1 heterocycles. The molecule has 0 aliphatic carbocycles. The van der Waals surface area contributed by atoms with Gasteiger partial charge in [0.1, 0.15) is 0 Å². The van der Waals surface area contributed by atoms with Crippen molar-refractivity contribution in [2.75, 3.05) is 0 Å². The van der Waals surface area contributed by atoms with Crippen LogP contribution in [0.1, 0.15) is 10.4 Å². The number of carbonyl (C=O) groups is 1. The summed E-state index contributed by atoms with van der Waals surface area (Å²) in [5.41, 5.74) is -0.0155. The Bertz CT molecular complexity index is 714. The molecule has 0 unspecified atom stereocenters. The number of phenolic OH excluding ortho intramolecular Hbond substituents is 1. The van der Waals surface area contributed by atoms with Gasteiger partial charge in [0.05, 0.1) is 5.56 Å².